The number of esters is 1. The van der Waals surface area contributed by atoms with E-state index < -0.39 is 5.97 Å². The van der Waals surface area contributed by atoms with Crippen molar-refractivity contribution in [3.8, 4) is 0 Å². The number of ketones is 1. The van der Waals surface area contributed by atoms with E-state index in [0.29, 0.717) is 25.2 Å². The minimum atomic E-state index is -0.409. The summed E-state index contributed by atoms with van der Waals surface area (Å²) in [7, 11) is 0. The van der Waals surface area contributed by atoms with E-state index in [2.05, 4.69) is 97.8 Å². The lowest BCUT2D eigenvalue weighted by atomic mass is 10.1. The molecule has 3 rings (SSSR count). The molecule has 0 aliphatic carbocycles. The van der Waals surface area contributed by atoms with Crippen LogP contribution < -0.4 is 4.90 Å². The van der Waals surface area contributed by atoms with Crippen molar-refractivity contribution in [3.05, 3.63) is 114 Å². The van der Waals surface area contributed by atoms with Gasteiger partial charge >= 0.3 is 5.97 Å². The van der Waals surface area contributed by atoms with Gasteiger partial charge in [0.1, 0.15) is 0 Å². The standard InChI is InChI=1S/C31H33NO4/c1-5-31(34)36-20-18-27-11-15-29(16-12-27)32(30-8-6-7-23(2)21-30)28-13-9-26(10-14-28)17-19-35-22-24(3)25(4)33/h5-16,21H,1,3,17-20,22H2,2,4H3. The smallest absolute Gasteiger partial charge is 0.330 e. The highest BCUT2D eigenvalue weighted by Gasteiger charge is 2.13. The Labute approximate surface area is 213 Å². The average molecular weight is 484 g/mol. The summed E-state index contributed by atoms with van der Waals surface area (Å²) in [5.41, 5.74) is 7.06. The Morgan fingerprint density at radius 1 is 0.861 bits per heavy atom. The normalized spacial score (nSPS) is 10.5. The Bertz CT molecular complexity index is 1200. The van der Waals surface area contributed by atoms with E-state index in [1.54, 1.807) is 0 Å². The molecular weight excluding hydrogens is 450 g/mol. The van der Waals surface area contributed by atoms with Gasteiger partial charge in [-0.15, -0.1) is 0 Å². The molecule has 0 amide bonds. The van der Waals surface area contributed by atoms with E-state index in [9.17, 15) is 9.59 Å². The molecule has 3 aromatic rings. The van der Waals surface area contributed by atoms with Gasteiger partial charge in [0.2, 0.25) is 0 Å². The zero-order valence-electron chi connectivity index (χ0n) is 21.0. The van der Waals surface area contributed by atoms with Gasteiger partial charge in [-0.2, -0.15) is 0 Å². The monoisotopic (exact) mass is 483 g/mol. The van der Waals surface area contributed by atoms with Crippen LogP contribution in [0.5, 0.6) is 0 Å². The summed E-state index contributed by atoms with van der Waals surface area (Å²) in [6, 6.07) is 25.1. The van der Waals surface area contributed by atoms with E-state index >= 15 is 0 Å². The van der Waals surface area contributed by atoms with Crippen LogP contribution in [0.15, 0.2) is 97.6 Å². The Balaban J connectivity index is 1.74. The van der Waals surface area contributed by atoms with Crippen LogP contribution in [-0.2, 0) is 31.9 Å². The molecule has 0 unspecified atom stereocenters. The van der Waals surface area contributed by atoms with Crippen molar-refractivity contribution < 1.29 is 19.1 Å². The number of ether oxygens (including phenoxy) is 2. The van der Waals surface area contributed by atoms with E-state index in [1.165, 1.54) is 18.6 Å². The molecule has 5 heteroatoms. The number of hydrogen-bond acceptors (Lipinski definition) is 5. The molecule has 0 spiro atoms. The van der Waals surface area contributed by atoms with E-state index in [0.717, 1.165) is 34.6 Å². The Morgan fingerprint density at radius 3 is 1.97 bits per heavy atom. The lowest BCUT2D eigenvalue weighted by Crippen LogP contribution is -2.11. The first kappa shape index (κ1) is 26.6. The van der Waals surface area contributed by atoms with E-state index in [4.69, 9.17) is 9.47 Å². The van der Waals surface area contributed by atoms with Crippen molar-refractivity contribution in [2.75, 3.05) is 24.7 Å². The van der Waals surface area contributed by atoms with Crippen molar-refractivity contribution in [3.63, 3.8) is 0 Å². The number of anilines is 3. The van der Waals surface area contributed by atoms with Gasteiger partial charge in [-0.05, 0) is 73.4 Å². The molecule has 0 aliphatic rings. The molecule has 0 N–H and O–H groups in total. The molecular formula is C31H33NO4. The first-order chi connectivity index (χ1) is 17.4. The second kappa shape index (κ2) is 13.2. The van der Waals surface area contributed by atoms with Gasteiger partial charge in [0.25, 0.3) is 0 Å². The summed E-state index contributed by atoms with van der Waals surface area (Å²) in [5, 5.41) is 0. The topological polar surface area (TPSA) is 55.8 Å². The summed E-state index contributed by atoms with van der Waals surface area (Å²) in [5.74, 6) is -0.450. The molecule has 0 saturated heterocycles. The Kier molecular flexibility index (Phi) is 9.78. The van der Waals surface area contributed by atoms with Crippen LogP contribution in [0.4, 0.5) is 17.1 Å². The molecule has 0 radical (unpaired) electrons. The fourth-order valence-electron chi connectivity index (χ4n) is 3.65. The maximum Gasteiger partial charge on any atom is 0.330 e. The van der Waals surface area contributed by atoms with Crippen molar-refractivity contribution in [2.24, 2.45) is 0 Å². The van der Waals surface area contributed by atoms with Gasteiger partial charge in [0, 0.05) is 35.1 Å². The quantitative estimate of drug-likeness (QED) is 0.159. The fraction of sp³-hybridized carbons (Fsp3) is 0.226. The highest BCUT2D eigenvalue weighted by atomic mass is 16.5. The number of aryl methyl sites for hydroxylation is 1. The van der Waals surface area contributed by atoms with E-state index in [-0.39, 0.29) is 12.4 Å². The zero-order valence-corrected chi connectivity index (χ0v) is 21.0. The first-order valence-corrected chi connectivity index (χ1v) is 12.0. The fourth-order valence-corrected chi connectivity index (χ4v) is 3.65. The maximum atomic E-state index is 11.3. The summed E-state index contributed by atoms with van der Waals surface area (Å²) in [4.78, 5) is 24.7. The third-order valence-corrected chi connectivity index (χ3v) is 5.76. The second-order valence-electron chi connectivity index (χ2n) is 8.59. The molecule has 0 bridgehead atoms. The Morgan fingerprint density at radius 2 is 1.44 bits per heavy atom. The minimum Gasteiger partial charge on any atom is -0.462 e. The van der Waals surface area contributed by atoms with Crippen molar-refractivity contribution in [1.29, 1.82) is 0 Å². The van der Waals surface area contributed by atoms with Crippen LogP contribution in [0, 0.1) is 6.92 Å². The van der Waals surface area contributed by atoms with Gasteiger partial charge in [-0.25, -0.2) is 4.79 Å². The lowest BCUT2D eigenvalue weighted by Gasteiger charge is -2.26. The predicted molar refractivity (Wildman–Crippen MR) is 145 cm³/mol. The number of carbonyl (C=O) groups is 2. The van der Waals surface area contributed by atoms with Gasteiger partial charge in [-0.3, -0.25) is 4.79 Å². The molecule has 0 saturated carbocycles. The van der Waals surface area contributed by atoms with Crippen LogP contribution in [0.3, 0.4) is 0 Å². The van der Waals surface area contributed by atoms with Crippen molar-refractivity contribution in [1.82, 2.24) is 0 Å². The third-order valence-electron chi connectivity index (χ3n) is 5.76. The van der Waals surface area contributed by atoms with Gasteiger partial charge in [0.05, 0.1) is 19.8 Å². The van der Waals surface area contributed by atoms with Gasteiger partial charge in [0.15, 0.2) is 5.78 Å². The summed E-state index contributed by atoms with van der Waals surface area (Å²) < 4.78 is 10.7. The molecule has 3 aromatic carbocycles. The molecule has 36 heavy (non-hydrogen) atoms. The SMILES string of the molecule is C=CC(=O)OCCc1ccc(N(c2ccc(CCOCC(=C)C(C)=O)cc2)c2cccc(C)c2)cc1. The van der Waals surface area contributed by atoms with Gasteiger partial charge in [-0.1, -0.05) is 49.6 Å². The van der Waals surface area contributed by atoms with Crippen LogP contribution in [0.1, 0.15) is 23.6 Å². The second-order valence-corrected chi connectivity index (χ2v) is 8.59. The third kappa shape index (κ3) is 7.79. The molecule has 0 aliphatic heterocycles. The summed E-state index contributed by atoms with van der Waals surface area (Å²) in [6.45, 7) is 11.8. The number of hydrogen-bond donors (Lipinski definition) is 0. The first-order valence-electron chi connectivity index (χ1n) is 12.0. The summed E-state index contributed by atoms with van der Waals surface area (Å²) in [6.07, 6.45) is 2.56. The van der Waals surface area contributed by atoms with Crippen LogP contribution in [0.2, 0.25) is 0 Å². The number of Topliss-reactive ketones (excluding diaryl/α,β-unsaturated/α-hetero) is 1. The number of carbonyl (C=O) groups excluding carboxylic acids is 2. The maximum absolute atomic E-state index is 11.3. The zero-order chi connectivity index (χ0) is 25.9. The van der Waals surface area contributed by atoms with Crippen LogP contribution in [-0.4, -0.2) is 31.6 Å². The Hall–Kier alpha value is -3.96. The van der Waals surface area contributed by atoms with Crippen molar-refractivity contribution >= 4 is 28.8 Å². The molecule has 0 aromatic heterocycles. The van der Waals surface area contributed by atoms with Gasteiger partial charge < -0.3 is 14.4 Å². The molecule has 0 heterocycles. The number of nitrogens with zero attached hydrogens (tertiary/aromatic N) is 1. The highest BCUT2D eigenvalue weighted by Crippen LogP contribution is 2.35. The molecule has 186 valence electrons. The van der Waals surface area contributed by atoms with Crippen LogP contribution >= 0.6 is 0 Å². The minimum absolute atomic E-state index is 0.0419. The van der Waals surface area contributed by atoms with Crippen LogP contribution in [0.25, 0.3) is 0 Å². The average Bonchev–Trinajstić information content (AvgIpc) is 2.88. The molecule has 0 fully saturated rings. The predicted octanol–water partition coefficient (Wildman–Crippen LogP) is 6.44. The van der Waals surface area contributed by atoms with Crippen molar-refractivity contribution in [2.45, 2.75) is 26.7 Å². The van der Waals surface area contributed by atoms with E-state index in [1.807, 2.05) is 0 Å². The largest absolute Gasteiger partial charge is 0.462 e. The number of benzene rings is 3. The molecule has 0 atom stereocenters. The molecule has 5 nitrogen and oxygen atoms in total. The lowest BCUT2D eigenvalue weighted by molar-refractivity contribution is -0.137. The number of rotatable bonds is 13. The highest BCUT2D eigenvalue weighted by molar-refractivity contribution is 5.92. The summed E-state index contributed by atoms with van der Waals surface area (Å²) >= 11 is 0.